The SMILES string of the molecule is O=C(Nc1ccccc1S(=O)(=O)C(F)F)c1cccc(OCc2cscn2)c1. The van der Waals surface area contributed by atoms with Crippen LogP contribution in [-0.4, -0.2) is 25.1 Å². The van der Waals surface area contributed by atoms with Crippen LogP contribution in [0.4, 0.5) is 14.5 Å². The van der Waals surface area contributed by atoms with Crippen molar-refractivity contribution in [1.82, 2.24) is 4.98 Å². The Bertz CT molecular complexity index is 1070. The second-order valence-corrected chi connectivity index (χ2v) is 8.16. The lowest BCUT2D eigenvalue weighted by Gasteiger charge is -2.12. The number of anilines is 1. The zero-order valence-electron chi connectivity index (χ0n) is 14.2. The Labute approximate surface area is 163 Å². The number of hydrogen-bond acceptors (Lipinski definition) is 6. The van der Waals surface area contributed by atoms with Crippen molar-refractivity contribution in [1.29, 1.82) is 0 Å². The number of aromatic nitrogens is 1. The zero-order valence-corrected chi connectivity index (χ0v) is 15.8. The van der Waals surface area contributed by atoms with Gasteiger partial charge in [-0.3, -0.25) is 4.79 Å². The molecule has 10 heteroatoms. The third-order valence-electron chi connectivity index (χ3n) is 3.64. The van der Waals surface area contributed by atoms with E-state index in [2.05, 4.69) is 10.3 Å². The van der Waals surface area contributed by atoms with Gasteiger partial charge in [0.1, 0.15) is 12.4 Å². The lowest BCUT2D eigenvalue weighted by molar-refractivity contribution is 0.102. The van der Waals surface area contributed by atoms with Gasteiger partial charge < -0.3 is 10.1 Å². The average molecular weight is 424 g/mol. The summed E-state index contributed by atoms with van der Waals surface area (Å²) in [4.78, 5) is 15.9. The van der Waals surface area contributed by atoms with Gasteiger partial charge in [0.05, 0.1) is 21.8 Å². The van der Waals surface area contributed by atoms with Gasteiger partial charge >= 0.3 is 5.76 Å². The molecule has 0 radical (unpaired) electrons. The molecule has 1 amide bonds. The van der Waals surface area contributed by atoms with Gasteiger partial charge in [0.15, 0.2) is 0 Å². The predicted octanol–water partition coefficient (Wildman–Crippen LogP) is 3.97. The third-order valence-corrected chi connectivity index (χ3v) is 5.72. The van der Waals surface area contributed by atoms with Crippen LogP contribution in [0.3, 0.4) is 0 Å². The Kier molecular flexibility index (Phi) is 6.00. The van der Waals surface area contributed by atoms with Crippen LogP contribution in [0.2, 0.25) is 0 Å². The molecule has 1 aromatic heterocycles. The summed E-state index contributed by atoms with van der Waals surface area (Å²) in [6, 6.07) is 11.2. The van der Waals surface area contributed by atoms with Gasteiger partial charge in [-0.15, -0.1) is 11.3 Å². The van der Waals surface area contributed by atoms with Crippen molar-refractivity contribution in [3.8, 4) is 5.75 Å². The summed E-state index contributed by atoms with van der Waals surface area (Å²) in [5.41, 5.74) is 2.38. The number of nitrogens with zero attached hydrogens (tertiary/aromatic N) is 1. The second-order valence-electron chi connectivity index (χ2n) is 5.55. The number of hydrogen-bond donors (Lipinski definition) is 1. The highest BCUT2D eigenvalue weighted by Crippen LogP contribution is 2.27. The molecule has 1 heterocycles. The maximum Gasteiger partial charge on any atom is 0.341 e. The highest BCUT2D eigenvalue weighted by molar-refractivity contribution is 7.91. The van der Waals surface area contributed by atoms with E-state index in [4.69, 9.17) is 4.74 Å². The molecule has 2 aromatic carbocycles. The highest BCUT2D eigenvalue weighted by atomic mass is 32.2. The normalized spacial score (nSPS) is 11.4. The number of rotatable bonds is 7. The number of ether oxygens (including phenoxy) is 1. The molecule has 0 saturated heterocycles. The molecule has 0 aliphatic rings. The Morgan fingerprint density at radius 1 is 1.18 bits per heavy atom. The minimum atomic E-state index is -4.86. The molecule has 1 N–H and O–H groups in total. The second kappa shape index (κ2) is 8.44. The number of nitrogens with one attached hydrogen (secondary N) is 1. The molecule has 3 rings (SSSR count). The fourth-order valence-electron chi connectivity index (χ4n) is 2.30. The summed E-state index contributed by atoms with van der Waals surface area (Å²) in [5, 5.41) is 4.20. The first-order chi connectivity index (χ1) is 13.4. The van der Waals surface area contributed by atoms with Crippen LogP contribution in [0.25, 0.3) is 0 Å². The van der Waals surface area contributed by atoms with Gasteiger partial charge in [-0.1, -0.05) is 18.2 Å². The maximum atomic E-state index is 12.9. The topological polar surface area (TPSA) is 85.4 Å². The number of benzene rings is 2. The molecule has 0 bridgehead atoms. The Morgan fingerprint density at radius 2 is 1.96 bits per heavy atom. The van der Waals surface area contributed by atoms with Crippen molar-refractivity contribution in [2.24, 2.45) is 0 Å². The first-order valence-electron chi connectivity index (χ1n) is 7.90. The van der Waals surface area contributed by atoms with E-state index in [0.29, 0.717) is 5.75 Å². The van der Waals surface area contributed by atoms with Gasteiger partial charge in [0.2, 0.25) is 9.84 Å². The molecule has 28 heavy (non-hydrogen) atoms. The first-order valence-corrected chi connectivity index (χ1v) is 10.4. The summed E-state index contributed by atoms with van der Waals surface area (Å²) >= 11 is 1.43. The van der Waals surface area contributed by atoms with Crippen LogP contribution in [0.15, 0.2) is 64.3 Å². The number of carbonyl (C=O) groups excluding carboxylic acids is 1. The number of halogens is 2. The van der Waals surface area contributed by atoms with Crippen LogP contribution >= 0.6 is 11.3 Å². The maximum absolute atomic E-state index is 12.9. The van der Waals surface area contributed by atoms with E-state index in [9.17, 15) is 22.0 Å². The fourth-order valence-corrected chi connectivity index (χ4v) is 3.73. The van der Waals surface area contributed by atoms with Crippen LogP contribution in [0.1, 0.15) is 16.1 Å². The van der Waals surface area contributed by atoms with Gasteiger partial charge in [-0.2, -0.15) is 8.78 Å². The van der Waals surface area contributed by atoms with Crippen LogP contribution < -0.4 is 10.1 Å². The number of alkyl halides is 2. The summed E-state index contributed by atoms with van der Waals surface area (Å²) in [6.45, 7) is 0.226. The molecular weight excluding hydrogens is 410 g/mol. The largest absolute Gasteiger partial charge is 0.487 e. The Hall–Kier alpha value is -2.85. The molecule has 0 saturated carbocycles. The molecule has 3 aromatic rings. The van der Waals surface area contributed by atoms with Crippen LogP contribution in [-0.2, 0) is 16.4 Å². The van der Waals surface area contributed by atoms with Gasteiger partial charge in [-0.25, -0.2) is 13.4 Å². The van der Waals surface area contributed by atoms with E-state index in [-0.39, 0.29) is 17.9 Å². The minimum absolute atomic E-state index is 0.181. The lowest BCUT2D eigenvalue weighted by atomic mass is 10.2. The van der Waals surface area contributed by atoms with Crippen LogP contribution in [0, 0.1) is 0 Å². The molecular formula is C18H14F2N2O4S2. The lowest BCUT2D eigenvalue weighted by Crippen LogP contribution is -2.17. The van der Waals surface area contributed by atoms with Crippen molar-refractivity contribution in [2.75, 3.05) is 5.32 Å². The smallest absolute Gasteiger partial charge is 0.341 e. The van der Waals surface area contributed by atoms with Crippen molar-refractivity contribution in [3.05, 3.63) is 70.7 Å². The quantitative estimate of drug-likeness (QED) is 0.620. The summed E-state index contributed by atoms with van der Waals surface area (Å²) < 4.78 is 54.9. The monoisotopic (exact) mass is 424 g/mol. The fraction of sp³-hybridized carbons (Fsp3) is 0.111. The molecule has 0 aliphatic heterocycles. The number of para-hydroxylation sites is 1. The van der Waals surface area contributed by atoms with Gasteiger partial charge in [0.25, 0.3) is 5.91 Å². The van der Waals surface area contributed by atoms with Gasteiger partial charge in [-0.05, 0) is 30.3 Å². The molecule has 0 spiro atoms. The van der Waals surface area contributed by atoms with E-state index in [1.54, 1.807) is 17.6 Å². The summed E-state index contributed by atoms with van der Waals surface area (Å²) in [6.07, 6.45) is 0. The first kappa shape index (κ1) is 19.9. The van der Waals surface area contributed by atoms with Crippen LogP contribution in [0.5, 0.6) is 5.75 Å². The molecule has 6 nitrogen and oxygen atoms in total. The standard InChI is InChI=1S/C18H14F2N2O4S2/c19-18(20)28(24,25)16-7-2-1-6-15(16)22-17(23)12-4-3-5-14(8-12)26-9-13-10-27-11-21-13/h1-8,10-11,18H,9H2,(H,22,23). The molecule has 0 fully saturated rings. The summed E-state index contributed by atoms with van der Waals surface area (Å²) in [5.74, 6) is -3.84. The van der Waals surface area contributed by atoms with Crippen molar-refractivity contribution >= 4 is 32.8 Å². The van der Waals surface area contributed by atoms with E-state index in [1.807, 2.05) is 5.38 Å². The highest BCUT2D eigenvalue weighted by Gasteiger charge is 2.29. The number of carbonyl (C=O) groups is 1. The number of amides is 1. The third kappa shape index (κ3) is 4.52. The van der Waals surface area contributed by atoms with E-state index in [0.717, 1.165) is 11.8 Å². The predicted molar refractivity (Wildman–Crippen MR) is 100 cm³/mol. The van der Waals surface area contributed by atoms with Gasteiger partial charge in [0, 0.05) is 10.9 Å². The minimum Gasteiger partial charge on any atom is -0.487 e. The molecule has 146 valence electrons. The van der Waals surface area contributed by atoms with Crippen molar-refractivity contribution in [3.63, 3.8) is 0 Å². The molecule has 0 unspecified atom stereocenters. The Balaban J connectivity index is 1.78. The van der Waals surface area contributed by atoms with E-state index < -0.39 is 26.4 Å². The average Bonchev–Trinajstić information content (AvgIpc) is 3.20. The van der Waals surface area contributed by atoms with E-state index >= 15 is 0 Å². The zero-order chi connectivity index (χ0) is 20.1. The van der Waals surface area contributed by atoms with Crippen molar-refractivity contribution in [2.45, 2.75) is 17.3 Å². The van der Waals surface area contributed by atoms with E-state index in [1.165, 1.54) is 41.7 Å². The van der Waals surface area contributed by atoms with Crippen molar-refractivity contribution < 1.29 is 26.7 Å². The number of thiazole rings is 1. The number of sulfone groups is 1. The Morgan fingerprint density at radius 3 is 2.68 bits per heavy atom. The summed E-state index contributed by atoms with van der Waals surface area (Å²) in [7, 11) is -4.86. The molecule has 0 atom stereocenters. The molecule has 0 aliphatic carbocycles.